The van der Waals surface area contributed by atoms with Crippen molar-refractivity contribution in [2.75, 3.05) is 0 Å². The number of hydrogen-bond acceptors (Lipinski definition) is 3. The molecule has 3 fully saturated rings. The molecular formula is C18H31NO3. The molecule has 1 N–H and O–H groups in total. The number of rotatable bonds is 1. The molecule has 1 spiro atoms. The van der Waals surface area contributed by atoms with Crippen molar-refractivity contribution in [3.63, 3.8) is 0 Å². The van der Waals surface area contributed by atoms with Gasteiger partial charge in [0.2, 0.25) is 0 Å². The number of amides is 1. The van der Waals surface area contributed by atoms with Crippen LogP contribution in [0, 0.1) is 17.3 Å². The molecule has 2 saturated heterocycles. The number of fused-ring (bicyclic) bond motifs is 2. The average molecular weight is 309 g/mol. The number of ether oxygens (including phenoxy) is 1. The molecule has 126 valence electrons. The molecule has 2 bridgehead atoms. The third-order valence-electron chi connectivity index (χ3n) is 6.04. The lowest BCUT2D eigenvalue weighted by Crippen LogP contribution is -2.62. The third-order valence-corrected chi connectivity index (χ3v) is 6.04. The molecule has 1 aliphatic carbocycles. The van der Waals surface area contributed by atoms with Gasteiger partial charge in [0.25, 0.3) is 0 Å². The van der Waals surface area contributed by atoms with E-state index in [2.05, 4.69) is 13.8 Å². The minimum absolute atomic E-state index is 0.0687. The largest absolute Gasteiger partial charge is 0.444 e. The second-order valence-electron chi connectivity index (χ2n) is 9.10. The van der Waals surface area contributed by atoms with Crippen molar-refractivity contribution in [2.45, 2.75) is 90.5 Å². The normalized spacial score (nSPS) is 41.0. The van der Waals surface area contributed by atoms with Crippen molar-refractivity contribution in [1.29, 1.82) is 0 Å². The molecule has 0 aromatic rings. The summed E-state index contributed by atoms with van der Waals surface area (Å²) >= 11 is 0. The van der Waals surface area contributed by atoms with E-state index in [1.54, 1.807) is 0 Å². The average Bonchev–Trinajstić information content (AvgIpc) is 2.65. The van der Waals surface area contributed by atoms with Gasteiger partial charge in [0.15, 0.2) is 0 Å². The summed E-state index contributed by atoms with van der Waals surface area (Å²) in [5.74, 6) is 0.981. The third kappa shape index (κ3) is 2.53. The monoisotopic (exact) mass is 309 g/mol. The fourth-order valence-electron chi connectivity index (χ4n) is 5.00. The number of carbonyl (C=O) groups is 1. The molecule has 1 amide bonds. The number of piperidine rings is 1. The highest BCUT2D eigenvalue weighted by Crippen LogP contribution is 2.60. The van der Waals surface area contributed by atoms with E-state index in [-0.39, 0.29) is 29.7 Å². The second kappa shape index (κ2) is 5.12. The Bertz CT molecular complexity index is 440. The molecule has 4 unspecified atom stereocenters. The summed E-state index contributed by atoms with van der Waals surface area (Å²) in [6, 6.07) is 0.521. The first-order chi connectivity index (χ1) is 10.1. The zero-order valence-electron chi connectivity index (χ0n) is 14.6. The van der Waals surface area contributed by atoms with Gasteiger partial charge in [-0.05, 0) is 64.7 Å². The lowest BCUT2D eigenvalue weighted by Gasteiger charge is -2.59. The SMILES string of the molecule is CC(C)C1CC2(CC3CCC(C2)N3C(=O)OC(C)(C)C)C1O. The van der Waals surface area contributed by atoms with Gasteiger partial charge >= 0.3 is 6.09 Å². The Morgan fingerprint density at radius 2 is 1.73 bits per heavy atom. The van der Waals surface area contributed by atoms with E-state index < -0.39 is 5.60 Å². The van der Waals surface area contributed by atoms with E-state index >= 15 is 0 Å². The van der Waals surface area contributed by atoms with Crippen molar-refractivity contribution in [3.05, 3.63) is 0 Å². The fourth-order valence-corrected chi connectivity index (χ4v) is 5.00. The summed E-state index contributed by atoms with van der Waals surface area (Å²) < 4.78 is 5.59. The van der Waals surface area contributed by atoms with Crippen molar-refractivity contribution in [3.8, 4) is 0 Å². The predicted molar refractivity (Wildman–Crippen MR) is 85.5 cm³/mol. The Labute approximate surface area is 134 Å². The standard InChI is InChI=1S/C18H31NO3/c1-11(2)14-10-18(15(14)20)8-12-6-7-13(9-18)19(12)16(21)22-17(3,4)5/h11-15,20H,6-10H2,1-5H3. The Morgan fingerprint density at radius 1 is 1.18 bits per heavy atom. The Balaban J connectivity index is 1.69. The first kappa shape index (κ1) is 16.1. The molecule has 0 radical (unpaired) electrons. The van der Waals surface area contributed by atoms with Gasteiger partial charge < -0.3 is 14.7 Å². The molecule has 3 rings (SSSR count). The summed E-state index contributed by atoms with van der Waals surface area (Å²) in [5.41, 5.74) is -0.371. The lowest BCUT2D eigenvalue weighted by atomic mass is 9.51. The molecule has 4 heteroatoms. The van der Waals surface area contributed by atoms with Crippen molar-refractivity contribution in [1.82, 2.24) is 4.90 Å². The number of hydrogen-bond donors (Lipinski definition) is 1. The molecule has 4 nitrogen and oxygen atoms in total. The highest BCUT2D eigenvalue weighted by atomic mass is 16.6. The summed E-state index contributed by atoms with van der Waals surface area (Å²) in [6.45, 7) is 10.2. The molecule has 1 saturated carbocycles. The quantitative estimate of drug-likeness (QED) is 0.805. The highest BCUT2D eigenvalue weighted by Gasteiger charge is 2.61. The van der Waals surface area contributed by atoms with Crippen LogP contribution in [0.3, 0.4) is 0 Å². The molecule has 22 heavy (non-hydrogen) atoms. The van der Waals surface area contributed by atoms with Crippen LogP contribution in [0.2, 0.25) is 0 Å². The minimum atomic E-state index is -0.440. The smallest absolute Gasteiger partial charge is 0.410 e. The molecular weight excluding hydrogens is 278 g/mol. The number of aliphatic hydroxyl groups excluding tert-OH is 1. The summed E-state index contributed by atoms with van der Waals surface area (Å²) in [7, 11) is 0. The van der Waals surface area contributed by atoms with Gasteiger partial charge in [-0.2, -0.15) is 0 Å². The van der Waals surface area contributed by atoms with Crippen LogP contribution in [0.1, 0.15) is 66.7 Å². The molecule has 3 aliphatic rings. The van der Waals surface area contributed by atoms with Crippen LogP contribution in [0.15, 0.2) is 0 Å². The number of carbonyl (C=O) groups excluding carboxylic acids is 1. The van der Waals surface area contributed by atoms with Gasteiger partial charge in [0, 0.05) is 17.5 Å². The first-order valence-electron chi connectivity index (χ1n) is 8.82. The van der Waals surface area contributed by atoms with Crippen molar-refractivity contribution >= 4 is 6.09 Å². The summed E-state index contributed by atoms with van der Waals surface area (Å²) in [5, 5.41) is 10.7. The van der Waals surface area contributed by atoms with Gasteiger partial charge in [0.05, 0.1) is 6.10 Å². The van der Waals surface area contributed by atoms with Gasteiger partial charge in [-0.3, -0.25) is 0 Å². The van der Waals surface area contributed by atoms with Crippen LogP contribution in [0.4, 0.5) is 4.79 Å². The van der Waals surface area contributed by atoms with E-state index in [4.69, 9.17) is 4.74 Å². The van der Waals surface area contributed by atoms with E-state index in [1.165, 1.54) is 0 Å². The predicted octanol–water partition coefficient (Wildman–Crippen LogP) is 3.57. The molecule has 4 atom stereocenters. The van der Waals surface area contributed by atoms with Crippen LogP contribution in [-0.2, 0) is 4.74 Å². The minimum Gasteiger partial charge on any atom is -0.444 e. The van der Waals surface area contributed by atoms with Crippen LogP contribution < -0.4 is 0 Å². The topological polar surface area (TPSA) is 49.8 Å². The Morgan fingerprint density at radius 3 is 2.14 bits per heavy atom. The summed E-state index contributed by atoms with van der Waals surface area (Å²) in [6.07, 6.45) is 4.80. The van der Waals surface area contributed by atoms with E-state index in [9.17, 15) is 9.90 Å². The summed E-state index contributed by atoms with van der Waals surface area (Å²) in [4.78, 5) is 14.5. The van der Waals surface area contributed by atoms with Gasteiger partial charge in [-0.25, -0.2) is 4.79 Å². The first-order valence-corrected chi connectivity index (χ1v) is 8.82. The van der Waals surface area contributed by atoms with E-state index in [1.807, 2.05) is 25.7 Å². The second-order valence-corrected chi connectivity index (χ2v) is 9.10. The Kier molecular flexibility index (Phi) is 3.75. The van der Waals surface area contributed by atoms with Gasteiger partial charge in [0.1, 0.15) is 5.60 Å². The van der Waals surface area contributed by atoms with E-state index in [0.717, 1.165) is 32.1 Å². The zero-order chi connectivity index (χ0) is 16.3. The zero-order valence-corrected chi connectivity index (χ0v) is 14.6. The van der Waals surface area contributed by atoms with Crippen LogP contribution in [0.5, 0.6) is 0 Å². The van der Waals surface area contributed by atoms with E-state index in [0.29, 0.717) is 11.8 Å². The van der Waals surface area contributed by atoms with Gasteiger partial charge in [-0.1, -0.05) is 13.8 Å². The highest BCUT2D eigenvalue weighted by molar-refractivity contribution is 5.69. The van der Waals surface area contributed by atoms with Gasteiger partial charge in [-0.15, -0.1) is 0 Å². The van der Waals surface area contributed by atoms with Crippen molar-refractivity contribution in [2.24, 2.45) is 17.3 Å². The fraction of sp³-hybridized carbons (Fsp3) is 0.944. The van der Waals surface area contributed by atoms with Crippen molar-refractivity contribution < 1.29 is 14.6 Å². The maximum atomic E-state index is 12.5. The maximum Gasteiger partial charge on any atom is 0.410 e. The number of aliphatic hydroxyl groups is 1. The van der Waals surface area contributed by atoms with Crippen LogP contribution >= 0.6 is 0 Å². The van der Waals surface area contributed by atoms with Crippen LogP contribution in [-0.4, -0.2) is 39.9 Å². The maximum absolute atomic E-state index is 12.5. The molecule has 0 aromatic carbocycles. The van der Waals surface area contributed by atoms with Crippen LogP contribution in [0.25, 0.3) is 0 Å². The lowest BCUT2D eigenvalue weighted by molar-refractivity contribution is -0.171. The Hall–Kier alpha value is -0.770. The molecule has 0 aromatic heterocycles. The molecule has 2 heterocycles. The molecule has 2 aliphatic heterocycles. The number of nitrogens with zero attached hydrogens (tertiary/aromatic N) is 1.